The molecule has 5 N–H and O–H groups in total. The van der Waals surface area contributed by atoms with Gasteiger partial charge in [0.05, 0.1) is 11.0 Å². The Morgan fingerprint density at radius 1 is 0.964 bits per heavy atom. The van der Waals surface area contributed by atoms with Gasteiger partial charge >= 0.3 is 11.8 Å². The monoisotopic (exact) mass is 765 g/mol. The number of piperidine rings is 2. The van der Waals surface area contributed by atoms with Gasteiger partial charge in [0.2, 0.25) is 29.5 Å². The number of unbranched alkanes of at least 4 members (excludes halogenated alkanes) is 1. The predicted octanol–water partition coefficient (Wildman–Crippen LogP) is 3.49. The third-order valence-corrected chi connectivity index (χ3v) is 11.3. The number of aromatic nitrogens is 2. The van der Waals surface area contributed by atoms with Gasteiger partial charge in [-0.15, -0.1) is 0 Å². The van der Waals surface area contributed by atoms with Gasteiger partial charge in [-0.2, -0.15) is 0 Å². The fraction of sp³-hybridized carbons (Fsp3) is 0.675. The average Bonchev–Trinajstić information content (AvgIpc) is 3.39. The van der Waals surface area contributed by atoms with Gasteiger partial charge in [-0.05, 0) is 95.6 Å². The summed E-state index contributed by atoms with van der Waals surface area (Å²) < 4.78 is 8.47. The Labute approximate surface area is 322 Å². The number of imidazole rings is 1. The molecule has 302 valence electrons. The first-order valence-corrected chi connectivity index (χ1v) is 20.0. The van der Waals surface area contributed by atoms with E-state index in [1.807, 2.05) is 23.1 Å². The lowest BCUT2D eigenvalue weighted by molar-refractivity contribution is -0.140. The van der Waals surface area contributed by atoms with E-state index in [2.05, 4.69) is 16.0 Å². The number of imide groups is 1. The molecule has 5 rings (SSSR count). The fourth-order valence-corrected chi connectivity index (χ4v) is 8.45. The minimum absolute atomic E-state index is 0.0141. The van der Waals surface area contributed by atoms with Gasteiger partial charge in [0.15, 0.2) is 0 Å². The van der Waals surface area contributed by atoms with E-state index in [1.54, 1.807) is 32.4 Å². The molecule has 3 unspecified atom stereocenters. The molecule has 1 aromatic heterocycles. The van der Waals surface area contributed by atoms with Crippen LogP contribution in [0.15, 0.2) is 23.0 Å². The molecule has 6 amide bonds. The predicted molar refractivity (Wildman–Crippen MR) is 206 cm³/mol. The van der Waals surface area contributed by atoms with E-state index in [0.717, 1.165) is 81.7 Å². The summed E-state index contributed by atoms with van der Waals surface area (Å²) in [4.78, 5) is 91.5. The number of likely N-dealkylation sites (tertiary alicyclic amines) is 1. The lowest BCUT2D eigenvalue weighted by Crippen LogP contribution is -2.58. The summed E-state index contributed by atoms with van der Waals surface area (Å²) >= 11 is 0. The number of para-hydroxylation sites is 1. The molecule has 2 saturated heterocycles. The third-order valence-electron chi connectivity index (χ3n) is 11.3. The van der Waals surface area contributed by atoms with Crippen LogP contribution in [0.3, 0.4) is 0 Å². The van der Waals surface area contributed by atoms with E-state index in [4.69, 9.17) is 10.5 Å². The topological polar surface area (TPSA) is 204 Å². The average molecular weight is 766 g/mol. The van der Waals surface area contributed by atoms with Gasteiger partial charge in [0.25, 0.3) is 0 Å². The maximum atomic E-state index is 14.1. The molecule has 3 atom stereocenters. The number of primary amides is 1. The number of ether oxygens (including phenoxy) is 1. The second kappa shape index (κ2) is 18.3. The van der Waals surface area contributed by atoms with Crippen LogP contribution in [0, 0.1) is 11.8 Å². The van der Waals surface area contributed by atoms with Gasteiger partial charge < -0.3 is 26.0 Å². The zero-order valence-electron chi connectivity index (χ0n) is 32.8. The van der Waals surface area contributed by atoms with Crippen molar-refractivity contribution in [1.82, 2.24) is 30.0 Å². The largest absolute Gasteiger partial charge is 0.444 e. The van der Waals surface area contributed by atoms with Crippen LogP contribution >= 0.6 is 0 Å². The first-order valence-electron chi connectivity index (χ1n) is 20.0. The number of fused-ring (bicyclic) bond motifs is 1. The standard InChI is InChI=1S/C40H59N7O8/c1-40(2,3)55-38(53)42-28(17-19-31(41)48)35(50)44-33(26-12-6-5-7-13-26)37(52)46-23-21-25(22-24-46)11-8-9-14-27-15-10-16-29-34(27)45(4)39(54)47(29)30-18-20-32(49)43-36(30)51/h10,15-16,25-26,28,30,33H,5-9,11-14,17-24H2,1-4H3,(H2,41,48)(H,42,53)(H,44,50)(H,43,49,51). The highest BCUT2D eigenvalue weighted by molar-refractivity contribution is 6.00. The van der Waals surface area contributed by atoms with E-state index in [0.29, 0.717) is 30.9 Å². The number of nitrogens with one attached hydrogen (secondary N) is 3. The first-order chi connectivity index (χ1) is 26.1. The van der Waals surface area contributed by atoms with Crippen molar-refractivity contribution in [3.05, 3.63) is 34.2 Å². The number of hydrogen-bond acceptors (Lipinski definition) is 8. The SMILES string of the molecule is Cn1c(=O)n(C2CCC(=O)NC2=O)c2cccc(CCCCC3CCN(C(=O)C(NC(=O)C(CCC(N)=O)NC(=O)OC(C)(C)C)C4CCCCC4)CC3)c21. The summed E-state index contributed by atoms with van der Waals surface area (Å²) in [5.41, 5.74) is 6.85. The van der Waals surface area contributed by atoms with Crippen molar-refractivity contribution in [1.29, 1.82) is 0 Å². The molecule has 1 aliphatic carbocycles. The molecule has 3 aliphatic rings. The minimum atomic E-state index is -1.09. The number of carbonyl (C=O) groups is 6. The van der Waals surface area contributed by atoms with Gasteiger partial charge in [0, 0.05) is 33.0 Å². The maximum absolute atomic E-state index is 14.1. The minimum Gasteiger partial charge on any atom is -0.444 e. The van der Waals surface area contributed by atoms with E-state index >= 15 is 0 Å². The number of alkyl carbamates (subject to hydrolysis) is 1. The highest BCUT2D eigenvalue weighted by Gasteiger charge is 2.37. The molecular weight excluding hydrogens is 706 g/mol. The van der Waals surface area contributed by atoms with E-state index in [-0.39, 0.29) is 42.7 Å². The lowest BCUT2D eigenvalue weighted by atomic mass is 9.82. The smallest absolute Gasteiger partial charge is 0.408 e. The molecular formula is C40H59N7O8. The second-order valence-corrected chi connectivity index (χ2v) is 16.6. The van der Waals surface area contributed by atoms with Crippen molar-refractivity contribution in [3.8, 4) is 0 Å². The molecule has 2 aliphatic heterocycles. The van der Waals surface area contributed by atoms with Crippen molar-refractivity contribution in [3.63, 3.8) is 0 Å². The Morgan fingerprint density at radius 3 is 2.33 bits per heavy atom. The van der Waals surface area contributed by atoms with E-state index in [9.17, 15) is 33.6 Å². The molecule has 0 spiro atoms. The second-order valence-electron chi connectivity index (χ2n) is 16.6. The van der Waals surface area contributed by atoms with Gasteiger partial charge in [-0.1, -0.05) is 44.2 Å². The molecule has 55 heavy (non-hydrogen) atoms. The van der Waals surface area contributed by atoms with Crippen molar-refractivity contribution in [2.75, 3.05) is 13.1 Å². The Bertz CT molecular complexity index is 1800. The van der Waals surface area contributed by atoms with Gasteiger partial charge in [-0.3, -0.25) is 38.4 Å². The molecule has 1 aromatic carbocycles. The normalized spacial score (nSPS) is 19.8. The highest BCUT2D eigenvalue weighted by Crippen LogP contribution is 2.31. The van der Waals surface area contributed by atoms with Crippen molar-refractivity contribution < 1.29 is 33.5 Å². The van der Waals surface area contributed by atoms with Crippen molar-refractivity contribution in [2.24, 2.45) is 24.6 Å². The van der Waals surface area contributed by atoms with Crippen LogP contribution in [0.25, 0.3) is 11.0 Å². The molecule has 15 nitrogen and oxygen atoms in total. The number of benzene rings is 1. The third kappa shape index (κ3) is 10.8. The van der Waals surface area contributed by atoms with Crippen LogP contribution in [0.2, 0.25) is 0 Å². The number of amides is 6. The molecule has 3 fully saturated rings. The molecule has 2 aromatic rings. The van der Waals surface area contributed by atoms with Crippen LogP contribution in [0.5, 0.6) is 0 Å². The van der Waals surface area contributed by atoms with Crippen molar-refractivity contribution >= 4 is 46.7 Å². The first kappa shape index (κ1) is 41.5. The van der Waals surface area contributed by atoms with E-state index < -0.39 is 47.5 Å². The lowest BCUT2D eigenvalue weighted by Gasteiger charge is -2.38. The molecule has 3 heterocycles. The van der Waals surface area contributed by atoms with Crippen LogP contribution in [0.4, 0.5) is 4.79 Å². The number of nitrogens with two attached hydrogens (primary N) is 1. The van der Waals surface area contributed by atoms with Crippen LogP contribution in [-0.4, -0.2) is 80.4 Å². The Balaban J connectivity index is 1.16. The van der Waals surface area contributed by atoms with Crippen LogP contribution in [0.1, 0.15) is 122 Å². The van der Waals surface area contributed by atoms with Gasteiger partial charge in [-0.25, -0.2) is 9.59 Å². The molecule has 0 radical (unpaired) electrons. The zero-order valence-corrected chi connectivity index (χ0v) is 32.8. The molecule has 0 bridgehead atoms. The van der Waals surface area contributed by atoms with E-state index in [1.165, 1.54) is 4.57 Å². The van der Waals surface area contributed by atoms with Crippen LogP contribution < -0.4 is 27.4 Å². The summed E-state index contributed by atoms with van der Waals surface area (Å²) in [5, 5.41) is 7.92. The number of hydrogen-bond donors (Lipinski definition) is 4. The fourth-order valence-electron chi connectivity index (χ4n) is 8.45. The number of rotatable bonds is 14. The highest BCUT2D eigenvalue weighted by atomic mass is 16.6. The summed E-state index contributed by atoms with van der Waals surface area (Å²) in [7, 11) is 1.72. The summed E-state index contributed by atoms with van der Waals surface area (Å²) in [6.07, 6.45) is 9.65. The zero-order chi connectivity index (χ0) is 39.9. The number of aryl methyl sites for hydroxylation is 2. The quantitative estimate of drug-likeness (QED) is 0.165. The number of carbonyl (C=O) groups excluding carboxylic acids is 6. The Morgan fingerprint density at radius 2 is 1.67 bits per heavy atom. The Hall–Kier alpha value is -4.69. The summed E-state index contributed by atoms with van der Waals surface area (Å²) in [5.74, 6) is -1.57. The Kier molecular flexibility index (Phi) is 13.8. The maximum Gasteiger partial charge on any atom is 0.408 e. The summed E-state index contributed by atoms with van der Waals surface area (Å²) in [6, 6.07) is 3.25. The molecule has 15 heteroatoms. The molecule has 1 saturated carbocycles. The van der Waals surface area contributed by atoms with Gasteiger partial charge in [0.1, 0.15) is 23.7 Å². The van der Waals surface area contributed by atoms with Crippen molar-refractivity contribution in [2.45, 2.75) is 141 Å². The van der Waals surface area contributed by atoms with Crippen LogP contribution in [-0.2, 0) is 42.2 Å². The summed E-state index contributed by atoms with van der Waals surface area (Å²) in [6.45, 7) is 6.33. The number of nitrogens with zero attached hydrogens (tertiary/aromatic N) is 3.